The molecule has 0 aliphatic heterocycles. The Morgan fingerprint density at radius 2 is 1.95 bits per heavy atom. The smallest absolute Gasteiger partial charge is 0.196 e. The van der Waals surface area contributed by atoms with E-state index in [1.165, 1.54) is 11.4 Å². The van der Waals surface area contributed by atoms with Crippen LogP contribution in [0.4, 0.5) is 0 Å². The number of nitrogens with one attached hydrogen (secondary N) is 1. The van der Waals surface area contributed by atoms with E-state index in [2.05, 4.69) is 17.7 Å². The number of hydrogen-bond acceptors (Lipinski definition) is 3. The standard InChI is InChI=1S/C13H25N3O2S/c1-5-12-6-8-13(10-14,9-7-12)15-19(17,18)16(4)11(2)3/h11-12,15H,5-9H2,1-4H3. The SMILES string of the molecule is CCC1CCC(C#N)(NS(=O)(=O)N(C)C(C)C)CC1. The largest absolute Gasteiger partial charge is 0.280 e. The van der Waals surface area contributed by atoms with E-state index in [4.69, 9.17) is 0 Å². The number of rotatable bonds is 5. The summed E-state index contributed by atoms with van der Waals surface area (Å²) in [6, 6.07) is 2.07. The van der Waals surface area contributed by atoms with E-state index in [0.717, 1.165) is 19.3 Å². The summed E-state index contributed by atoms with van der Waals surface area (Å²) in [4.78, 5) is 0. The van der Waals surface area contributed by atoms with Crippen molar-refractivity contribution in [3.63, 3.8) is 0 Å². The van der Waals surface area contributed by atoms with Gasteiger partial charge in [0.25, 0.3) is 10.2 Å². The monoisotopic (exact) mass is 287 g/mol. The zero-order valence-electron chi connectivity index (χ0n) is 12.3. The van der Waals surface area contributed by atoms with Crippen molar-refractivity contribution in [2.75, 3.05) is 7.05 Å². The minimum Gasteiger partial charge on any atom is -0.196 e. The van der Waals surface area contributed by atoms with Crippen LogP contribution < -0.4 is 4.72 Å². The maximum absolute atomic E-state index is 12.2. The van der Waals surface area contributed by atoms with Gasteiger partial charge in [-0.15, -0.1) is 0 Å². The minimum atomic E-state index is -3.59. The molecule has 1 rings (SSSR count). The molecule has 1 N–H and O–H groups in total. The van der Waals surface area contributed by atoms with E-state index in [9.17, 15) is 13.7 Å². The van der Waals surface area contributed by atoms with Crippen LogP contribution in [-0.2, 0) is 10.2 Å². The predicted octanol–water partition coefficient (Wildman–Crippen LogP) is 2.02. The van der Waals surface area contributed by atoms with Gasteiger partial charge in [-0.05, 0) is 45.4 Å². The quantitative estimate of drug-likeness (QED) is 0.840. The summed E-state index contributed by atoms with van der Waals surface area (Å²) >= 11 is 0. The van der Waals surface area contributed by atoms with Crippen LogP contribution in [-0.4, -0.2) is 31.4 Å². The first-order valence-corrected chi connectivity index (χ1v) is 8.38. The van der Waals surface area contributed by atoms with E-state index >= 15 is 0 Å². The van der Waals surface area contributed by atoms with Crippen LogP contribution in [0.15, 0.2) is 0 Å². The van der Waals surface area contributed by atoms with Gasteiger partial charge < -0.3 is 0 Å². The Labute approximate surface area is 117 Å². The fraction of sp³-hybridized carbons (Fsp3) is 0.923. The molecule has 1 fully saturated rings. The van der Waals surface area contributed by atoms with Crippen molar-refractivity contribution < 1.29 is 8.42 Å². The molecule has 1 aliphatic carbocycles. The maximum atomic E-state index is 12.2. The highest BCUT2D eigenvalue weighted by Gasteiger charge is 2.39. The summed E-state index contributed by atoms with van der Waals surface area (Å²) in [7, 11) is -2.06. The first kappa shape index (κ1) is 16.4. The molecule has 6 heteroatoms. The lowest BCUT2D eigenvalue weighted by atomic mass is 9.77. The molecular formula is C13H25N3O2S. The van der Waals surface area contributed by atoms with Crippen molar-refractivity contribution in [2.45, 2.75) is 64.5 Å². The van der Waals surface area contributed by atoms with Crippen LogP contribution in [0.25, 0.3) is 0 Å². The molecule has 0 bridgehead atoms. The third-order valence-corrected chi connectivity index (χ3v) is 6.01. The van der Waals surface area contributed by atoms with E-state index < -0.39 is 15.7 Å². The van der Waals surface area contributed by atoms with Crippen LogP contribution in [0.2, 0.25) is 0 Å². The lowest BCUT2D eigenvalue weighted by Crippen LogP contribution is -2.54. The van der Waals surface area contributed by atoms with Gasteiger partial charge in [-0.25, -0.2) is 0 Å². The molecule has 0 spiro atoms. The summed E-state index contributed by atoms with van der Waals surface area (Å²) < 4.78 is 28.3. The van der Waals surface area contributed by atoms with Crippen LogP contribution in [0.3, 0.4) is 0 Å². The lowest BCUT2D eigenvalue weighted by molar-refractivity contribution is 0.253. The Morgan fingerprint density at radius 3 is 2.32 bits per heavy atom. The normalized spacial score (nSPS) is 28.6. The summed E-state index contributed by atoms with van der Waals surface area (Å²) in [6.45, 7) is 5.76. The Kier molecular flexibility index (Phi) is 5.36. The van der Waals surface area contributed by atoms with Crippen molar-refractivity contribution in [2.24, 2.45) is 5.92 Å². The zero-order chi connectivity index (χ0) is 14.7. The van der Waals surface area contributed by atoms with E-state index in [1.807, 2.05) is 13.8 Å². The molecule has 0 aromatic rings. The third-order valence-electron chi connectivity index (χ3n) is 4.18. The highest BCUT2D eigenvalue weighted by molar-refractivity contribution is 7.87. The Bertz CT molecular complexity index is 431. The van der Waals surface area contributed by atoms with Crippen LogP contribution >= 0.6 is 0 Å². The maximum Gasteiger partial charge on any atom is 0.280 e. The molecule has 0 atom stereocenters. The van der Waals surface area contributed by atoms with Gasteiger partial charge in [-0.3, -0.25) is 0 Å². The zero-order valence-corrected chi connectivity index (χ0v) is 13.1. The van der Waals surface area contributed by atoms with E-state index in [-0.39, 0.29) is 6.04 Å². The molecule has 1 aliphatic rings. The van der Waals surface area contributed by atoms with Gasteiger partial charge in [-0.1, -0.05) is 13.3 Å². The van der Waals surface area contributed by atoms with Gasteiger partial charge in [0.15, 0.2) is 0 Å². The Balaban J connectivity index is 2.81. The lowest BCUT2D eigenvalue weighted by Gasteiger charge is -2.36. The molecule has 110 valence electrons. The molecule has 0 heterocycles. The van der Waals surface area contributed by atoms with Crippen LogP contribution in [0.5, 0.6) is 0 Å². The highest BCUT2D eigenvalue weighted by Crippen LogP contribution is 2.34. The molecular weight excluding hydrogens is 262 g/mol. The summed E-state index contributed by atoms with van der Waals surface area (Å²) in [5.74, 6) is 0.619. The second-order valence-electron chi connectivity index (χ2n) is 5.76. The van der Waals surface area contributed by atoms with E-state index in [1.54, 1.807) is 0 Å². The van der Waals surface area contributed by atoms with Crippen molar-refractivity contribution in [1.82, 2.24) is 9.03 Å². The molecule has 1 saturated carbocycles. The second-order valence-corrected chi connectivity index (χ2v) is 7.49. The number of hydrogen-bond donors (Lipinski definition) is 1. The molecule has 0 saturated heterocycles. The predicted molar refractivity (Wildman–Crippen MR) is 75.5 cm³/mol. The summed E-state index contributed by atoms with van der Waals surface area (Å²) in [5.41, 5.74) is -0.923. The molecule has 0 unspecified atom stereocenters. The van der Waals surface area contributed by atoms with Crippen molar-refractivity contribution >= 4 is 10.2 Å². The molecule has 0 amide bonds. The van der Waals surface area contributed by atoms with Crippen LogP contribution in [0, 0.1) is 17.2 Å². The van der Waals surface area contributed by atoms with Crippen molar-refractivity contribution in [3.05, 3.63) is 0 Å². The fourth-order valence-corrected chi connectivity index (χ4v) is 3.85. The molecule has 5 nitrogen and oxygen atoms in total. The third kappa shape index (κ3) is 3.91. The second kappa shape index (κ2) is 6.21. The van der Waals surface area contributed by atoms with Gasteiger partial charge in [0.05, 0.1) is 6.07 Å². The molecule has 0 radical (unpaired) electrons. The number of nitriles is 1. The first-order chi connectivity index (χ1) is 8.76. The van der Waals surface area contributed by atoms with Gasteiger partial charge in [0, 0.05) is 13.1 Å². The Morgan fingerprint density at radius 1 is 1.42 bits per heavy atom. The molecule has 19 heavy (non-hydrogen) atoms. The fourth-order valence-electron chi connectivity index (χ4n) is 2.41. The molecule has 0 aromatic carbocycles. The van der Waals surface area contributed by atoms with Gasteiger partial charge >= 0.3 is 0 Å². The summed E-state index contributed by atoms with van der Waals surface area (Å²) in [5, 5.41) is 9.39. The highest BCUT2D eigenvalue weighted by atomic mass is 32.2. The van der Waals surface area contributed by atoms with E-state index in [0.29, 0.717) is 18.8 Å². The summed E-state index contributed by atoms with van der Waals surface area (Å²) in [6.07, 6.45) is 4.14. The van der Waals surface area contributed by atoms with Gasteiger partial charge in [0.1, 0.15) is 5.54 Å². The molecule has 0 aromatic heterocycles. The van der Waals surface area contributed by atoms with Crippen molar-refractivity contribution in [3.8, 4) is 6.07 Å². The first-order valence-electron chi connectivity index (χ1n) is 6.94. The Hall–Kier alpha value is -0.640. The van der Waals surface area contributed by atoms with Crippen LogP contribution in [0.1, 0.15) is 52.9 Å². The minimum absolute atomic E-state index is 0.125. The van der Waals surface area contributed by atoms with Gasteiger partial charge in [-0.2, -0.15) is 22.7 Å². The average Bonchev–Trinajstić information content (AvgIpc) is 2.38. The number of nitrogens with zero attached hydrogens (tertiary/aromatic N) is 2. The average molecular weight is 287 g/mol. The topological polar surface area (TPSA) is 73.2 Å². The van der Waals surface area contributed by atoms with Gasteiger partial charge in [0.2, 0.25) is 0 Å². The van der Waals surface area contributed by atoms with Crippen molar-refractivity contribution in [1.29, 1.82) is 5.26 Å².